The minimum atomic E-state index is -0.126. The maximum Gasteiger partial charge on any atom is 0.267 e. The number of anilines is 3. The van der Waals surface area contributed by atoms with Gasteiger partial charge in [0.25, 0.3) is 16.7 Å². The Morgan fingerprint density at radius 1 is 0.274 bits per heavy atom. The van der Waals surface area contributed by atoms with E-state index in [0.717, 1.165) is 67.2 Å². The summed E-state index contributed by atoms with van der Waals surface area (Å²) in [5, 5.41) is 1.67. The molecule has 0 aliphatic rings. The first-order valence-electron chi connectivity index (χ1n) is 23.8. The highest BCUT2D eigenvalue weighted by Gasteiger charge is 2.22. The van der Waals surface area contributed by atoms with Gasteiger partial charge in [-0.25, -0.2) is 28.2 Å². The fourth-order valence-electron chi connectivity index (χ4n) is 10.8. The fraction of sp³-hybridized carbons (Fsp3) is 0. The van der Waals surface area contributed by atoms with Gasteiger partial charge >= 0.3 is 0 Å². The maximum atomic E-state index is 14.1. The summed E-state index contributed by atoms with van der Waals surface area (Å²) in [6.07, 6.45) is 0. The van der Waals surface area contributed by atoms with Gasteiger partial charge < -0.3 is 4.90 Å². The van der Waals surface area contributed by atoms with Crippen LogP contribution in [-0.4, -0.2) is 41.9 Å². The summed E-state index contributed by atoms with van der Waals surface area (Å²) in [7, 11) is 0. The van der Waals surface area contributed by atoms with Crippen molar-refractivity contribution < 1.29 is 0 Å². The lowest BCUT2D eigenvalue weighted by Crippen LogP contribution is -2.15. The van der Waals surface area contributed by atoms with Crippen molar-refractivity contribution in [2.45, 2.75) is 0 Å². The molecule has 6 aromatic heterocycles. The van der Waals surface area contributed by atoms with E-state index in [1.807, 2.05) is 159 Å². The van der Waals surface area contributed by atoms with Gasteiger partial charge in [-0.2, -0.15) is 0 Å². The van der Waals surface area contributed by atoms with Crippen molar-refractivity contribution in [3.8, 4) is 17.1 Å². The van der Waals surface area contributed by atoms with Crippen molar-refractivity contribution in [3.63, 3.8) is 0 Å². The summed E-state index contributed by atoms with van der Waals surface area (Å²) in [6.45, 7) is 0. The number of nitrogens with zero attached hydrogens (tertiary/aromatic N) is 10. The third-order valence-electron chi connectivity index (χ3n) is 14.1. The van der Waals surface area contributed by atoms with Crippen molar-refractivity contribution in [3.05, 3.63) is 249 Å². The number of imidazole rings is 3. The molecule has 0 unspecified atom stereocenters. The van der Waals surface area contributed by atoms with E-state index >= 15 is 0 Å². The molecular weight excluding hydrogens is 909 g/mol. The van der Waals surface area contributed by atoms with E-state index in [4.69, 9.17) is 15.0 Å². The first-order valence-corrected chi connectivity index (χ1v) is 23.8. The largest absolute Gasteiger partial charge is 0.310 e. The van der Waals surface area contributed by atoms with Crippen LogP contribution in [0.5, 0.6) is 0 Å². The number of para-hydroxylation sites is 9. The van der Waals surface area contributed by atoms with Crippen molar-refractivity contribution in [2.24, 2.45) is 0 Å². The molecule has 13 nitrogen and oxygen atoms in total. The zero-order chi connectivity index (χ0) is 48.5. The van der Waals surface area contributed by atoms with E-state index < -0.39 is 0 Å². The second-order valence-electron chi connectivity index (χ2n) is 18.1. The number of benzene rings is 9. The van der Waals surface area contributed by atoms with Gasteiger partial charge in [0.2, 0.25) is 17.3 Å². The molecule has 15 aromatic rings. The molecule has 0 aliphatic heterocycles. The molecule has 0 saturated carbocycles. The van der Waals surface area contributed by atoms with E-state index in [9.17, 15) is 14.4 Å². The monoisotopic (exact) mass is 944 g/mol. The van der Waals surface area contributed by atoms with E-state index in [1.54, 1.807) is 13.2 Å². The lowest BCUT2D eigenvalue weighted by atomic mass is 10.1. The van der Waals surface area contributed by atoms with Crippen LogP contribution in [0.3, 0.4) is 0 Å². The predicted molar refractivity (Wildman–Crippen MR) is 289 cm³/mol. The van der Waals surface area contributed by atoms with Crippen LogP contribution in [0, 0.1) is 0 Å². The molecule has 0 radical (unpaired) electrons. The Labute approximate surface area is 411 Å². The van der Waals surface area contributed by atoms with Crippen molar-refractivity contribution in [1.29, 1.82) is 0 Å². The molecule has 0 amide bonds. The molecule has 0 saturated heterocycles. The van der Waals surface area contributed by atoms with Gasteiger partial charge in [-0.1, -0.05) is 72.8 Å². The number of hydrogen-bond donors (Lipinski definition) is 0. The number of hydrogen-bond acceptors (Lipinski definition) is 7. The van der Waals surface area contributed by atoms with Crippen LogP contribution < -0.4 is 21.6 Å². The van der Waals surface area contributed by atoms with Gasteiger partial charge in [0.05, 0.1) is 65.8 Å². The van der Waals surface area contributed by atoms with Crippen LogP contribution in [-0.2, 0) is 0 Å². The normalized spacial score (nSPS) is 12.0. The minimum Gasteiger partial charge on any atom is -0.310 e. The lowest BCUT2D eigenvalue weighted by molar-refractivity contribution is 1.05. The number of rotatable bonds is 6. The van der Waals surface area contributed by atoms with Crippen LogP contribution in [0.1, 0.15) is 0 Å². The molecular formula is C60H36N10O3. The molecule has 0 N–H and O–H groups in total. The Morgan fingerprint density at radius 2 is 0.521 bits per heavy atom. The van der Waals surface area contributed by atoms with Crippen molar-refractivity contribution in [1.82, 2.24) is 41.9 Å². The Bertz CT molecular complexity index is 4480. The second-order valence-corrected chi connectivity index (χ2v) is 18.1. The predicted octanol–water partition coefficient (Wildman–Crippen LogP) is 11.5. The third kappa shape index (κ3) is 5.84. The molecule has 0 atom stereocenters. The van der Waals surface area contributed by atoms with Gasteiger partial charge in [0, 0.05) is 34.1 Å². The molecule has 15 rings (SSSR count). The Morgan fingerprint density at radius 3 is 0.808 bits per heavy atom. The van der Waals surface area contributed by atoms with Crippen molar-refractivity contribution in [2.75, 3.05) is 4.90 Å². The molecule has 0 fully saturated rings. The average molecular weight is 945 g/mol. The van der Waals surface area contributed by atoms with E-state index in [2.05, 4.69) is 77.7 Å². The smallest absolute Gasteiger partial charge is 0.267 e. The van der Waals surface area contributed by atoms with E-state index in [0.29, 0.717) is 50.0 Å². The Balaban J connectivity index is 0.901. The highest BCUT2D eigenvalue weighted by molar-refractivity contribution is 5.91. The lowest BCUT2D eigenvalue weighted by Gasteiger charge is -2.26. The quantitative estimate of drug-likeness (QED) is 0.163. The molecule has 9 aromatic carbocycles. The van der Waals surface area contributed by atoms with Gasteiger partial charge in [-0.15, -0.1) is 0 Å². The number of fused-ring (bicyclic) bond motifs is 12. The standard InChI is InChI=1S/C60H36N10O3/c71-55-43-13-1-4-16-46(43)61-58-65(49-19-7-10-22-52(49)68(55)58)40-31-25-37(26-32-40)64(38-27-33-41(34-28-38)66-50-20-8-11-23-53(50)69-56(72)44-14-2-5-17-47(44)62-59(66)69)39-29-35-42(36-30-39)67-51-21-9-12-24-54(51)70-57(73)45-15-3-6-18-48(45)63-60(67)70/h1-36H. The molecule has 0 spiro atoms. The zero-order valence-electron chi connectivity index (χ0n) is 38.5. The van der Waals surface area contributed by atoms with Gasteiger partial charge in [-0.05, 0) is 146 Å². The van der Waals surface area contributed by atoms with Crippen LogP contribution in [0.2, 0.25) is 0 Å². The highest BCUT2D eigenvalue weighted by atomic mass is 16.1. The summed E-state index contributed by atoms with van der Waals surface area (Å²) in [5.41, 5.74) is 11.4. The van der Waals surface area contributed by atoms with E-state index in [1.165, 1.54) is 0 Å². The summed E-state index contributed by atoms with van der Waals surface area (Å²) in [4.78, 5) is 59.5. The molecule has 13 heteroatoms. The first kappa shape index (κ1) is 40.5. The van der Waals surface area contributed by atoms with Gasteiger partial charge in [0.15, 0.2) is 0 Å². The fourth-order valence-corrected chi connectivity index (χ4v) is 10.8. The summed E-state index contributed by atoms with van der Waals surface area (Å²) in [6, 6.07) is 70.7. The Hall–Kier alpha value is -10.4. The van der Waals surface area contributed by atoms with Gasteiger partial charge in [-0.3, -0.25) is 28.1 Å². The molecule has 6 heterocycles. The first-order chi connectivity index (χ1) is 36.0. The van der Waals surface area contributed by atoms with Crippen LogP contribution in [0.4, 0.5) is 17.1 Å². The summed E-state index contributed by atoms with van der Waals surface area (Å²) in [5.74, 6) is 1.56. The molecule has 344 valence electrons. The minimum absolute atomic E-state index is 0.126. The maximum absolute atomic E-state index is 14.1. The third-order valence-corrected chi connectivity index (χ3v) is 14.1. The van der Waals surface area contributed by atoms with Crippen LogP contribution in [0.25, 0.3) is 100 Å². The van der Waals surface area contributed by atoms with Crippen molar-refractivity contribution >= 4 is 100 Å². The summed E-state index contributed by atoms with van der Waals surface area (Å²) >= 11 is 0. The van der Waals surface area contributed by atoms with Crippen LogP contribution in [0.15, 0.2) is 233 Å². The molecule has 0 bridgehead atoms. The second kappa shape index (κ2) is 15.3. The molecule has 73 heavy (non-hydrogen) atoms. The zero-order valence-corrected chi connectivity index (χ0v) is 38.5. The number of aromatic nitrogens is 9. The van der Waals surface area contributed by atoms with Crippen LogP contribution >= 0.6 is 0 Å². The molecule has 0 aliphatic carbocycles. The topological polar surface area (TPSA) is 121 Å². The van der Waals surface area contributed by atoms with Gasteiger partial charge in [0.1, 0.15) is 0 Å². The average Bonchev–Trinajstić information content (AvgIpc) is 4.11. The SMILES string of the molecule is O=c1c2ccccc2nc2n(-c3ccc(N(c4ccc(-n5c6ccccc6n6c(=O)c7ccccc7nc56)cc4)c4ccc(-n5c6ccccc6n6c(=O)c7ccccc7nc56)cc4)cc3)c3ccccc3n12. The summed E-state index contributed by atoms with van der Waals surface area (Å²) < 4.78 is 11.2. The Kier molecular flexibility index (Phi) is 8.48. The van der Waals surface area contributed by atoms with E-state index in [-0.39, 0.29) is 16.7 Å². The highest BCUT2D eigenvalue weighted by Crippen LogP contribution is 2.38.